The van der Waals surface area contributed by atoms with E-state index in [1.165, 1.54) is 29.0 Å². The molecule has 3 aromatic rings. The molecule has 0 saturated carbocycles. The molecule has 0 unspecified atom stereocenters. The van der Waals surface area contributed by atoms with Crippen molar-refractivity contribution < 1.29 is 27.9 Å². The van der Waals surface area contributed by atoms with E-state index in [4.69, 9.17) is 0 Å². The number of aliphatic hydroxyl groups is 1. The molecule has 0 radical (unpaired) electrons. The number of hydrogen-bond acceptors (Lipinski definition) is 5. The summed E-state index contributed by atoms with van der Waals surface area (Å²) >= 11 is 0.948. The highest BCUT2D eigenvalue weighted by atomic mass is 32.2. The zero-order valence-corrected chi connectivity index (χ0v) is 18.1. The van der Waals surface area contributed by atoms with Crippen LogP contribution in [0, 0.1) is 0 Å². The second-order valence-corrected chi connectivity index (χ2v) is 7.86. The number of anilines is 1. The number of nitrogens with one attached hydrogen (secondary N) is 2. The maximum absolute atomic E-state index is 13.1. The van der Waals surface area contributed by atoms with Gasteiger partial charge in [-0.2, -0.15) is 13.2 Å². The normalized spacial score (nSPS) is 11.3. The largest absolute Gasteiger partial charge is 0.418 e. The van der Waals surface area contributed by atoms with E-state index in [0.29, 0.717) is 12.2 Å². The summed E-state index contributed by atoms with van der Waals surface area (Å²) in [5.41, 5.74) is 0.0113. The van der Waals surface area contributed by atoms with Gasteiger partial charge in [0.1, 0.15) is 6.54 Å². The summed E-state index contributed by atoms with van der Waals surface area (Å²) in [7, 11) is 0. The maximum atomic E-state index is 13.1. The van der Waals surface area contributed by atoms with Crippen molar-refractivity contribution in [1.29, 1.82) is 0 Å². The van der Waals surface area contributed by atoms with Gasteiger partial charge in [-0.15, -0.1) is 0 Å². The summed E-state index contributed by atoms with van der Waals surface area (Å²) in [6, 6.07) is 14.0. The third-order valence-electron chi connectivity index (χ3n) is 4.54. The van der Waals surface area contributed by atoms with Crippen LogP contribution in [0.1, 0.15) is 16.8 Å². The minimum atomic E-state index is -4.60. The SMILES string of the molecule is O=C(Cn1c(CO)cnc1SCC(=O)Nc1ccccc1C(F)(F)F)NCc1ccccc1. The van der Waals surface area contributed by atoms with Crippen LogP contribution in [-0.2, 0) is 35.5 Å². The van der Waals surface area contributed by atoms with E-state index in [9.17, 15) is 27.9 Å². The van der Waals surface area contributed by atoms with Crippen LogP contribution in [0.5, 0.6) is 0 Å². The first-order valence-corrected chi connectivity index (χ1v) is 10.8. The van der Waals surface area contributed by atoms with E-state index in [0.717, 1.165) is 23.4 Å². The van der Waals surface area contributed by atoms with E-state index in [2.05, 4.69) is 15.6 Å². The molecule has 0 atom stereocenters. The Kier molecular flexibility index (Phi) is 8.12. The number of halogens is 3. The summed E-state index contributed by atoms with van der Waals surface area (Å²) in [6.07, 6.45) is -3.22. The lowest BCUT2D eigenvalue weighted by Gasteiger charge is -2.14. The van der Waals surface area contributed by atoms with Crippen molar-refractivity contribution in [2.45, 2.75) is 31.0 Å². The second kappa shape index (κ2) is 11.0. The van der Waals surface area contributed by atoms with Gasteiger partial charge in [0, 0.05) is 6.54 Å². The summed E-state index contributed by atoms with van der Waals surface area (Å²) in [5, 5.41) is 14.9. The molecule has 0 aliphatic rings. The van der Waals surface area contributed by atoms with Crippen LogP contribution in [0.2, 0.25) is 0 Å². The zero-order chi connectivity index (χ0) is 23.8. The third kappa shape index (κ3) is 6.83. The van der Waals surface area contributed by atoms with Crippen molar-refractivity contribution in [1.82, 2.24) is 14.9 Å². The van der Waals surface area contributed by atoms with Crippen molar-refractivity contribution >= 4 is 29.3 Å². The average Bonchev–Trinajstić information content (AvgIpc) is 3.18. The first-order valence-electron chi connectivity index (χ1n) is 9.82. The fourth-order valence-corrected chi connectivity index (χ4v) is 3.75. The van der Waals surface area contributed by atoms with Crippen LogP contribution in [0.3, 0.4) is 0 Å². The lowest BCUT2D eigenvalue weighted by atomic mass is 10.1. The molecule has 1 heterocycles. The Labute approximate surface area is 192 Å². The molecule has 3 rings (SSSR count). The molecule has 7 nitrogen and oxygen atoms in total. The molecule has 0 spiro atoms. The predicted octanol–water partition coefficient (Wildman–Crippen LogP) is 3.44. The van der Waals surface area contributed by atoms with E-state index in [-0.39, 0.29) is 35.7 Å². The quantitative estimate of drug-likeness (QED) is 0.410. The highest BCUT2D eigenvalue weighted by Crippen LogP contribution is 2.34. The number of thioether (sulfide) groups is 1. The molecular formula is C22H21F3N4O3S. The van der Waals surface area contributed by atoms with E-state index in [1.54, 1.807) is 0 Å². The zero-order valence-electron chi connectivity index (χ0n) is 17.3. The first kappa shape index (κ1) is 24.3. The second-order valence-electron chi connectivity index (χ2n) is 6.92. The molecular weight excluding hydrogens is 457 g/mol. The summed E-state index contributed by atoms with van der Waals surface area (Å²) in [6.45, 7) is -0.180. The van der Waals surface area contributed by atoms with Crippen LogP contribution in [0.25, 0.3) is 0 Å². The Bertz CT molecular complexity index is 1100. The molecule has 1 aromatic heterocycles. The van der Waals surface area contributed by atoms with Crippen molar-refractivity contribution in [3.05, 3.63) is 77.6 Å². The molecule has 0 aliphatic heterocycles. The Balaban J connectivity index is 1.61. The van der Waals surface area contributed by atoms with Gasteiger partial charge in [-0.25, -0.2) is 4.98 Å². The van der Waals surface area contributed by atoms with Gasteiger partial charge in [-0.1, -0.05) is 54.2 Å². The minimum Gasteiger partial charge on any atom is -0.390 e. The van der Waals surface area contributed by atoms with Gasteiger partial charge in [-0.3, -0.25) is 9.59 Å². The van der Waals surface area contributed by atoms with Crippen LogP contribution in [-0.4, -0.2) is 32.2 Å². The highest BCUT2D eigenvalue weighted by molar-refractivity contribution is 7.99. The number of alkyl halides is 3. The summed E-state index contributed by atoms with van der Waals surface area (Å²) < 4.78 is 40.8. The van der Waals surface area contributed by atoms with Gasteiger partial charge in [-0.05, 0) is 17.7 Å². The fourth-order valence-electron chi connectivity index (χ4n) is 2.95. The van der Waals surface area contributed by atoms with Crippen LogP contribution in [0.4, 0.5) is 18.9 Å². The lowest BCUT2D eigenvalue weighted by molar-refractivity contribution is -0.137. The molecule has 0 bridgehead atoms. The van der Waals surface area contributed by atoms with E-state index < -0.39 is 17.6 Å². The van der Waals surface area contributed by atoms with Gasteiger partial charge in [0.2, 0.25) is 11.8 Å². The number of nitrogens with zero attached hydrogens (tertiary/aromatic N) is 2. The van der Waals surface area contributed by atoms with Crippen molar-refractivity contribution in [3.8, 4) is 0 Å². The molecule has 33 heavy (non-hydrogen) atoms. The molecule has 174 valence electrons. The smallest absolute Gasteiger partial charge is 0.390 e. The average molecular weight is 478 g/mol. The molecule has 0 aliphatic carbocycles. The van der Waals surface area contributed by atoms with Gasteiger partial charge in [0.25, 0.3) is 0 Å². The number of hydrogen-bond donors (Lipinski definition) is 3. The molecule has 11 heteroatoms. The van der Waals surface area contributed by atoms with Crippen molar-refractivity contribution in [3.63, 3.8) is 0 Å². The van der Waals surface area contributed by atoms with Crippen LogP contribution in [0.15, 0.2) is 66.0 Å². The standard InChI is InChI=1S/C22H21F3N4O3S/c23-22(24,25)17-8-4-5-9-18(17)28-20(32)14-33-21-27-11-16(13-30)29(21)12-19(31)26-10-15-6-2-1-3-7-15/h1-9,11,30H,10,12-14H2,(H,26,31)(H,28,32). The van der Waals surface area contributed by atoms with Gasteiger partial charge >= 0.3 is 6.18 Å². The number of aliphatic hydroxyl groups excluding tert-OH is 1. The number of imidazole rings is 1. The Morgan fingerprint density at radius 2 is 1.73 bits per heavy atom. The predicted molar refractivity (Wildman–Crippen MR) is 117 cm³/mol. The van der Waals surface area contributed by atoms with Crippen molar-refractivity contribution in [2.24, 2.45) is 0 Å². The summed E-state index contributed by atoms with van der Waals surface area (Å²) in [4.78, 5) is 28.8. The lowest BCUT2D eigenvalue weighted by Crippen LogP contribution is -2.28. The molecule has 2 amide bonds. The summed E-state index contributed by atoms with van der Waals surface area (Å²) in [5.74, 6) is -1.22. The number of carbonyl (C=O) groups is 2. The van der Waals surface area contributed by atoms with Crippen LogP contribution < -0.4 is 10.6 Å². The number of rotatable bonds is 9. The van der Waals surface area contributed by atoms with Crippen molar-refractivity contribution in [2.75, 3.05) is 11.1 Å². The van der Waals surface area contributed by atoms with Gasteiger partial charge in [0.05, 0.1) is 35.5 Å². The Morgan fingerprint density at radius 1 is 1.03 bits per heavy atom. The minimum absolute atomic E-state index is 0.135. The topological polar surface area (TPSA) is 96.2 Å². The fraction of sp³-hybridized carbons (Fsp3) is 0.227. The highest BCUT2D eigenvalue weighted by Gasteiger charge is 2.33. The molecule has 0 saturated heterocycles. The number of aromatic nitrogens is 2. The van der Waals surface area contributed by atoms with Gasteiger partial charge < -0.3 is 20.3 Å². The number of amides is 2. The molecule has 0 fully saturated rings. The van der Waals surface area contributed by atoms with E-state index in [1.807, 2.05) is 30.3 Å². The molecule has 2 aromatic carbocycles. The third-order valence-corrected chi connectivity index (χ3v) is 5.53. The van der Waals surface area contributed by atoms with Crippen LogP contribution >= 0.6 is 11.8 Å². The monoisotopic (exact) mass is 478 g/mol. The number of para-hydroxylation sites is 1. The first-order chi connectivity index (χ1) is 15.8. The Morgan fingerprint density at radius 3 is 2.42 bits per heavy atom. The Hall–Kier alpha value is -3.31. The molecule has 3 N–H and O–H groups in total. The number of carbonyl (C=O) groups excluding carboxylic acids is 2. The maximum Gasteiger partial charge on any atom is 0.418 e. The number of benzene rings is 2. The van der Waals surface area contributed by atoms with Gasteiger partial charge in [0.15, 0.2) is 5.16 Å². The van der Waals surface area contributed by atoms with E-state index >= 15 is 0 Å².